The summed E-state index contributed by atoms with van der Waals surface area (Å²) in [5.41, 5.74) is -0.575. The summed E-state index contributed by atoms with van der Waals surface area (Å²) in [6, 6.07) is 6.79. The first kappa shape index (κ1) is 19.3. The molecule has 1 saturated heterocycles. The first-order valence-corrected chi connectivity index (χ1v) is 9.50. The van der Waals surface area contributed by atoms with Crippen LogP contribution in [0.5, 0.6) is 0 Å². The predicted molar refractivity (Wildman–Crippen MR) is 90.3 cm³/mol. The molecule has 1 aliphatic heterocycles. The molecule has 0 atom stereocenters. The first-order chi connectivity index (χ1) is 12.7. The van der Waals surface area contributed by atoms with E-state index in [-0.39, 0.29) is 32.1 Å². The molecule has 3 rings (SSSR count). The molecule has 0 bridgehead atoms. The Bertz CT molecular complexity index is 925. The Morgan fingerprint density at radius 3 is 2.22 bits per heavy atom. The molecule has 1 aromatic heterocycles. The van der Waals surface area contributed by atoms with E-state index in [1.165, 1.54) is 17.3 Å². The molecule has 144 valence electrons. The number of hydrogen-bond acceptors (Lipinski definition) is 4. The lowest BCUT2D eigenvalue weighted by Gasteiger charge is -2.34. The third-order valence-corrected chi connectivity index (χ3v) is 6.15. The molecule has 0 radical (unpaired) electrons. The highest BCUT2D eigenvalue weighted by atomic mass is 32.2. The average Bonchev–Trinajstić information content (AvgIpc) is 2.67. The number of nitrogens with zero attached hydrogens (tertiary/aromatic N) is 3. The van der Waals surface area contributed by atoms with Gasteiger partial charge in [-0.25, -0.2) is 8.42 Å². The average molecular weight is 399 g/mol. The van der Waals surface area contributed by atoms with Gasteiger partial charge in [0.05, 0.1) is 10.5 Å². The van der Waals surface area contributed by atoms with Crippen LogP contribution in [0.1, 0.15) is 15.9 Å². The van der Waals surface area contributed by atoms with Gasteiger partial charge in [0.2, 0.25) is 10.0 Å². The second kappa shape index (κ2) is 7.28. The summed E-state index contributed by atoms with van der Waals surface area (Å²) in [4.78, 5) is 17.3. The number of amides is 1. The standard InChI is InChI=1S/C17H16F3N3O3S/c18-17(19,20)14-2-1-3-15(12-14)27(25,26)23-10-8-22(9-11-23)16(24)13-4-6-21-7-5-13/h1-7,12H,8-11H2. The van der Waals surface area contributed by atoms with Crippen molar-refractivity contribution < 1.29 is 26.4 Å². The highest BCUT2D eigenvalue weighted by Gasteiger charge is 2.34. The number of benzene rings is 1. The van der Waals surface area contributed by atoms with Gasteiger partial charge in [-0.2, -0.15) is 17.5 Å². The summed E-state index contributed by atoms with van der Waals surface area (Å²) >= 11 is 0. The van der Waals surface area contributed by atoms with Crippen LogP contribution in [0.2, 0.25) is 0 Å². The molecule has 0 saturated carbocycles. The number of pyridine rings is 1. The molecule has 6 nitrogen and oxygen atoms in total. The van der Waals surface area contributed by atoms with Gasteiger partial charge >= 0.3 is 6.18 Å². The number of hydrogen-bond donors (Lipinski definition) is 0. The third kappa shape index (κ3) is 4.11. The lowest BCUT2D eigenvalue weighted by atomic mass is 10.2. The van der Waals surface area contributed by atoms with Crippen molar-refractivity contribution in [2.45, 2.75) is 11.1 Å². The summed E-state index contributed by atoms with van der Waals surface area (Å²) in [5, 5.41) is 0. The maximum Gasteiger partial charge on any atom is 0.416 e. The minimum atomic E-state index is -4.62. The minimum absolute atomic E-state index is 0.00933. The largest absolute Gasteiger partial charge is 0.416 e. The fourth-order valence-corrected chi connectivity index (χ4v) is 4.26. The van der Waals surface area contributed by atoms with Gasteiger partial charge in [0, 0.05) is 44.1 Å². The van der Waals surface area contributed by atoms with Crippen molar-refractivity contribution >= 4 is 15.9 Å². The molecular formula is C17H16F3N3O3S. The summed E-state index contributed by atoms with van der Waals surface area (Å²) in [7, 11) is -4.07. The Morgan fingerprint density at radius 2 is 1.63 bits per heavy atom. The van der Waals surface area contributed by atoms with Gasteiger partial charge in [-0.05, 0) is 30.3 Å². The van der Waals surface area contributed by atoms with Crippen molar-refractivity contribution in [3.8, 4) is 0 Å². The fourth-order valence-electron chi connectivity index (χ4n) is 2.79. The third-order valence-electron chi connectivity index (χ3n) is 4.25. The highest BCUT2D eigenvalue weighted by molar-refractivity contribution is 7.89. The number of halogens is 3. The van der Waals surface area contributed by atoms with Crippen LogP contribution < -0.4 is 0 Å². The van der Waals surface area contributed by atoms with Gasteiger partial charge in [0.1, 0.15) is 0 Å². The molecule has 27 heavy (non-hydrogen) atoms. The fraction of sp³-hybridized carbons (Fsp3) is 0.294. The van der Waals surface area contributed by atoms with E-state index < -0.39 is 26.7 Å². The van der Waals surface area contributed by atoms with E-state index in [0.29, 0.717) is 11.6 Å². The van der Waals surface area contributed by atoms with Crippen molar-refractivity contribution in [2.75, 3.05) is 26.2 Å². The normalized spacial score (nSPS) is 16.3. The van der Waals surface area contributed by atoms with Crippen LogP contribution in [0.25, 0.3) is 0 Å². The Hall–Kier alpha value is -2.46. The second-order valence-electron chi connectivity index (χ2n) is 5.96. The van der Waals surface area contributed by atoms with Gasteiger partial charge < -0.3 is 4.90 Å². The lowest BCUT2D eigenvalue weighted by molar-refractivity contribution is -0.137. The Balaban J connectivity index is 1.73. The summed E-state index contributed by atoms with van der Waals surface area (Å²) in [5.74, 6) is -0.242. The molecule has 2 heterocycles. The number of alkyl halides is 3. The van der Waals surface area contributed by atoms with Crippen LogP contribution in [0, 0.1) is 0 Å². The van der Waals surface area contributed by atoms with Crippen LogP contribution in [-0.2, 0) is 16.2 Å². The lowest BCUT2D eigenvalue weighted by Crippen LogP contribution is -2.50. The number of piperazine rings is 1. The van der Waals surface area contributed by atoms with E-state index in [9.17, 15) is 26.4 Å². The molecule has 0 N–H and O–H groups in total. The molecule has 0 spiro atoms. The quantitative estimate of drug-likeness (QED) is 0.794. The zero-order valence-corrected chi connectivity index (χ0v) is 14.9. The molecule has 1 aromatic carbocycles. The summed E-state index contributed by atoms with van der Waals surface area (Å²) in [6.45, 7) is 0.323. The van der Waals surface area contributed by atoms with Crippen LogP contribution in [0.3, 0.4) is 0 Å². The molecule has 0 unspecified atom stereocenters. The summed E-state index contributed by atoms with van der Waals surface area (Å²) < 4.78 is 64.9. The van der Waals surface area contributed by atoms with E-state index in [4.69, 9.17) is 0 Å². The monoisotopic (exact) mass is 399 g/mol. The van der Waals surface area contributed by atoms with Gasteiger partial charge in [0.15, 0.2) is 0 Å². The van der Waals surface area contributed by atoms with E-state index in [1.54, 1.807) is 12.1 Å². The number of sulfonamides is 1. The molecular weight excluding hydrogens is 383 g/mol. The van der Waals surface area contributed by atoms with Gasteiger partial charge in [-0.3, -0.25) is 9.78 Å². The molecule has 1 aliphatic rings. The van der Waals surface area contributed by atoms with Crippen LogP contribution in [0.15, 0.2) is 53.7 Å². The molecule has 1 amide bonds. The molecule has 10 heteroatoms. The maximum absolute atomic E-state index is 12.8. The van der Waals surface area contributed by atoms with Crippen molar-refractivity contribution in [1.82, 2.24) is 14.2 Å². The van der Waals surface area contributed by atoms with E-state index in [2.05, 4.69) is 4.98 Å². The molecule has 1 fully saturated rings. The van der Waals surface area contributed by atoms with Gasteiger partial charge in [-0.15, -0.1) is 0 Å². The van der Waals surface area contributed by atoms with Crippen molar-refractivity contribution in [2.24, 2.45) is 0 Å². The topological polar surface area (TPSA) is 70.6 Å². The zero-order chi connectivity index (χ0) is 19.7. The smallest absolute Gasteiger partial charge is 0.336 e. The number of carbonyl (C=O) groups excluding carboxylic acids is 1. The van der Waals surface area contributed by atoms with Gasteiger partial charge in [-0.1, -0.05) is 6.07 Å². The van der Waals surface area contributed by atoms with Gasteiger partial charge in [0.25, 0.3) is 5.91 Å². The predicted octanol–water partition coefficient (Wildman–Crippen LogP) is 2.25. The maximum atomic E-state index is 12.8. The Labute approximate surface area is 154 Å². The number of aromatic nitrogens is 1. The van der Waals surface area contributed by atoms with E-state index >= 15 is 0 Å². The Morgan fingerprint density at radius 1 is 1.00 bits per heavy atom. The van der Waals surface area contributed by atoms with Crippen molar-refractivity contribution in [3.63, 3.8) is 0 Å². The van der Waals surface area contributed by atoms with Crippen LogP contribution in [-0.4, -0.2) is 54.7 Å². The highest BCUT2D eigenvalue weighted by Crippen LogP contribution is 2.31. The van der Waals surface area contributed by atoms with Crippen LogP contribution >= 0.6 is 0 Å². The first-order valence-electron chi connectivity index (χ1n) is 8.06. The zero-order valence-electron chi connectivity index (χ0n) is 14.1. The minimum Gasteiger partial charge on any atom is -0.336 e. The summed E-state index contributed by atoms with van der Waals surface area (Å²) in [6.07, 6.45) is -1.65. The SMILES string of the molecule is O=C(c1ccncc1)N1CCN(S(=O)(=O)c2cccc(C(F)(F)F)c2)CC1. The second-order valence-corrected chi connectivity index (χ2v) is 7.90. The van der Waals surface area contributed by atoms with Crippen molar-refractivity contribution in [1.29, 1.82) is 0 Å². The van der Waals surface area contributed by atoms with Crippen molar-refractivity contribution in [3.05, 3.63) is 59.9 Å². The molecule has 2 aromatic rings. The number of rotatable bonds is 3. The van der Waals surface area contributed by atoms with E-state index in [1.807, 2.05) is 0 Å². The Kier molecular flexibility index (Phi) is 5.20. The number of carbonyl (C=O) groups is 1. The van der Waals surface area contributed by atoms with E-state index in [0.717, 1.165) is 22.5 Å². The van der Waals surface area contributed by atoms with Crippen LogP contribution in [0.4, 0.5) is 13.2 Å². The molecule has 0 aliphatic carbocycles.